The number of hydrogen-bond donors (Lipinski definition) is 1. The summed E-state index contributed by atoms with van der Waals surface area (Å²) >= 11 is 17.5. The number of halogens is 3. The molecule has 0 saturated carbocycles. The van der Waals surface area contributed by atoms with Crippen molar-refractivity contribution in [3.63, 3.8) is 0 Å². The summed E-state index contributed by atoms with van der Waals surface area (Å²) in [6, 6.07) is 7.96. The van der Waals surface area contributed by atoms with Crippen LogP contribution in [0.25, 0.3) is 0 Å². The molecule has 0 bridgehead atoms. The second kappa shape index (κ2) is 8.78. The summed E-state index contributed by atoms with van der Waals surface area (Å²) < 4.78 is 10.8. The Morgan fingerprint density at radius 2 is 1.74 bits per heavy atom. The highest BCUT2D eigenvalue weighted by Crippen LogP contribution is 2.24. The monoisotopic (exact) mass is 430 g/mol. The first-order valence-corrected chi connectivity index (χ1v) is 8.99. The Kier molecular flexibility index (Phi) is 6.92. The Morgan fingerprint density at radius 1 is 1.11 bits per heavy atom. The van der Waals surface area contributed by atoms with Crippen LogP contribution in [0, 0.1) is 0 Å². The second-order valence-corrected chi connectivity index (χ2v) is 7.37. The van der Waals surface area contributed by atoms with Gasteiger partial charge in [-0.15, -0.1) is 0 Å². The van der Waals surface area contributed by atoms with E-state index in [-0.39, 0.29) is 10.8 Å². The van der Waals surface area contributed by atoms with Gasteiger partial charge in [0.05, 0.1) is 10.0 Å². The van der Waals surface area contributed by atoms with E-state index in [0.29, 0.717) is 15.8 Å². The molecule has 1 N–H and O–H groups in total. The lowest BCUT2D eigenvalue weighted by molar-refractivity contribution is -0.166. The minimum Gasteiger partial charge on any atom is -0.476 e. The molecule has 1 heterocycles. The van der Waals surface area contributed by atoms with Gasteiger partial charge in [-0.3, -0.25) is 4.79 Å². The first-order chi connectivity index (χ1) is 12.6. The predicted octanol–water partition coefficient (Wildman–Crippen LogP) is 4.77. The molecule has 1 amide bonds. The van der Waals surface area contributed by atoms with Gasteiger partial charge in [0.2, 0.25) is 0 Å². The van der Waals surface area contributed by atoms with Crippen LogP contribution in [-0.2, 0) is 14.3 Å². The van der Waals surface area contributed by atoms with E-state index >= 15 is 0 Å². The first-order valence-electron chi connectivity index (χ1n) is 7.86. The van der Waals surface area contributed by atoms with Gasteiger partial charge in [0.25, 0.3) is 5.91 Å². The number of ether oxygens (including phenoxy) is 2. The molecule has 0 aliphatic carbocycles. The second-order valence-electron chi connectivity index (χ2n) is 6.09. The van der Waals surface area contributed by atoms with Gasteiger partial charge < -0.3 is 14.8 Å². The molecule has 0 saturated heterocycles. The number of aromatic nitrogens is 1. The van der Waals surface area contributed by atoms with Gasteiger partial charge in [-0.05, 0) is 51.1 Å². The predicted molar refractivity (Wildman–Crippen MR) is 105 cm³/mol. The fraction of sp³-hybridized carbons (Fsp3) is 0.278. The molecule has 144 valence electrons. The summed E-state index contributed by atoms with van der Waals surface area (Å²) in [5, 5.41) is 3.52. The van der Waals surface area contributed by atoms with Crippen LogP contribution in [-0.4, -0.2) is 28.6 Å². The molecule has 27 heavy (non-hydrogen) atoms. The molecule has 2 rings (SSSR count). The molecule has 1 aromatic heterocycles. The van der Waals surface area contributed by atoms with Crippen LogP contribution in [0.3, 0.4) is 0 Å². The number of nitrogens with one attached hydrogen (secondary N) is 1. The number of nitrogens with zero attached hydrogens (tertiary/aromatic N) is 1. The first kappa shape index (κ1) is 21.3. The molecule has 1 atom stereocenters. The lowest BCUT2D eigenvalue weighted by atomic mass is 10.1. The summed E-state index contributed by atoms with van der Waals surface area (Å²) in [5.74, 6) is -0.751. The van der Waals surface area contributed by atoms with Crippen molar-refractivity contribution in [1.82, 2.24) is 4.98 Å². The molecule has 6 nitrogen and oxygen atoms in total. The fourth-order valence-electron chi connectivity index (χ4n) is 1.92. The Bertz CT molecular complexity index is 841. The smallest absolute Gasteiger partial charge is 0.350 e. The van der Waals surface area contributed by atoms with Gasteiger partial charge in [-0.2, -0.15) is 0 Å². The van der Waals surface area contributed by atoms with Gasteiger partial charge >= 0.3 is 5.97 Å². The van der Waals surface area contributed by atoms with Crippen molar-refractivity contribution < 1.29 is 19.1 Å². The maximum Gasteiger partial charge on any atom is 0.350 e. The third-order valence-electron chi connectivity index (χ3n) is 3.38. The van der Waals surface area contributed by atoms with E-state index in [0.717, 1.165) is 0 Å². The molecular formula is C18H17Cl3N2O4. The number of esters is 1. The van der Waals surface area contributed by atoms with Crippen molar-refractivity contribution in [2.24, 2.45) is 0 Å². The summed E-state index contributed by atoms with van der Waals surface area (Å²) in [7, 11) is 0. The van der Waals surface area contributed by atoms with Crippen molar-refractivity contribution in [2.45, 2.75) is 32.5 Å². The normalized spacial score (nSPS) is 12.2. The van der Waals surface area contributed by atoms with E-state index in [2.05, 4.69) is 10.3 Å². The fourth-order valence-corrected chi connectivity index (χ4v) is 2.47. The highest BCUT2D eigenvalue weighted by molar-refractivity contribution is 6.36. The summed E-state index contributed by atoms with van der Waals surface area (Å²) in [4.78, 5) is 28.6. The quantitative estimate of drug-likeness (QED) is 0.667. The van der Waals surface area contributed by atoms with E-state index in [9.17, 15) is 9.59 Å². The molecule has 9 heteroatoms. The van der Waals surface area contributed by atoms with Crippen molar-refractivity contribution in [3.8, 4) is 5.75 Å². The van der Waals surface area contributed by atoms with Crippen LogP contribution in [0.15, 0.2) is 36.5 Å². The van der Waals surface area contributed by atoms with Gasteiger partial charge in [-0.25, -0.2) is 9.78 Å². The molecule has 1 aromatic carbocycles. The SMILES string of the molecule is C[C@H](OC(=O)C(C)(C)Oc1ccc(Cl)cc1)C(=O)Nc1ncc(Cl)cc1Cl. The topological polar surface area (TPSA) is 77.5 Å². The number of amides is 1. The third-order valence-corrected chi connectivity index (χ3v) is 4.13. The number of carbonyl (C=O) groups is 2. The summed E-state index contributed by atoms with van der Waals surface area (Å²) in [6.45, 7) is 4.49. The zero-order valence-corrected chi connectivity index (χ0v) is 17.0. The Morgan fingerprint density at radius 3 is 2.33 bits per heavy atom. The summed E-state index contributed by atoms with van der Waals surface area (Å²) in [5.41, 5.74) is -1.32. The number of hydrogen-bond acceptors (Lipinski definition) is 5. The van der Waals surface area contributed by atoms with E-state index < -0.39 is 23.6 Å². The zero-order chi connectivity index (χ0) is 20.2. The standard InChI is InChI=1S/C18H17Cl3N2O4/c1-10(16(24)23-15-14(21)8-12(20)9-22-15)26-17(25)18(2,3)27-13-6-4-11(19)5-7-13/h4-10H,1-3H3,(H,22,23,24)/t10-/m0/s1. The van der Waals surface area contributed by atoms with Crippen LogP contribution in [0.5, 0.6) is 5.75 Å². The average Bonchev–Trinajstić information content (AvgIpc) is 2.59. The molecule has 0 fully saturated rings. The Balaban J connectivity index is 1.98. The molecule has 2 aromatic rings. The Labute approximate surface area is 171 Å². The Hall–Kier alpha value is -2.02. The average molecular weight is 432 g/mol. The van der Waals surface area contributed by atoms with Crippen LogP contribution in [0.4, 0.5) is 5.82 Å². The van der Waals surface area contributed by atoms with Gasteiger partial charge in [-0.1, -0.05) is 34.8 Å². The number of rotatable bonds is 6. The van der Waals surface area contributed by atoms with Crippen molar-refractivity contribution in [1.29, 1.82) is 0 Å². The van der Waals surface area contributed by atoms with Crippen molar-refractivity contribution in [2.75, 3.05) is 5.32 Å². The zero-order valence-electron chi connectivity index (χ0n) is 14.8. The van der Waals surface area contributed by atoms with Crippen LogP contribution >= 0.6 is 34.8 Å². The largest absolute Gasteiger partial charge is 0.476 e. The highest BCUT2D eigenvalue weighted by Gasteiger charge is 2.34. The van der Waals surface area contributed by atoms with E-state index in [1.165, 1.54) is 33.0 Å². The number of benzene rings is 1. The highest BCUT2D eigenvalue weighted by atomic mass is 35.5. The number of carbonyl (C=O) groups excluding carboxylic acids is 2. The van der Waals surface area contributed by atoms with Gasteiger partial charge in [0, 0.05) is 11.2 Å². The minimum atomic E-state index is -1.32. The lowest BCUT2D eigenvalue weighted by Crippen LogP contribution is -2.43. The maximum atomic E-state index is 12.4. The van der Waals surface area contributed by atoms with Crippen LogP contribution < -0.4 is 10.1 Å². The van der Waals surface area contributed by atoms with E-state index in [4.69, 9.17) is 44.3 Å². The molecule has 0 aliphatic heterocycles. The molecule has 0 radical (unpaired) electrons. The van der Waals surface area contributed by atoms with E-state index in [1.54, 1.807) is 24.3 Å². The molecular weight excluding hydrogens is 415 g/mol. The van der Waals surface area contributed by atoms with E-state index in [1.807, 2.05) is 0 Å². The number of anilines is 1. The van der Waals surface area contributed by atoms with Crippen molar-refractivity contribution >= 4 is 52.5 Å². The van der Waals surface area contributed by atoms with Crippen molar-refractivity contribution in [3.05, 3.63) is 51.6 Å². The lowest BCUT2D eigenvalue weighted by Gasteiger charge is -2.26. The van der Waals surface area contributed by atoms with Gasteiger partial charge in [0.1, 0.15) is 5.75 Å². The maximum absolute atomic E-state index is 12.4. The molecule has 0 spiro atoms. The third kappa shape index (κ3) is 5.99. The van der Waals surface area contributed by atoms with Crippen LogP contribution in [0.1, 0.15) is 20.8 Å². The summed E-state index contributed by atoms with van der Waals surface area (Å²) in [6.07, 6.45) is 0.238. The number of pyridine rings is 1. The molecule has 0 unspecified atom stereocenters. The minimum absolute atomic E-state index is 0.116. The van der Waals surface area contributed by atoms with Crippen LogP contribution in [0.2, 0.25) is 15.1 Å². The van der Waals surface area contributed by atoms with Gasteiger partial charge in [0.15, 0.2) is 17.5 Å². The molecule has 0 aliphatic rings.